The fourth-order valence-electron chi connectivity index (χ4n) is 2.47. The molecule has 3 heterocycles. The molecule has 6 nitrogen and oxygen atoms in total. The van der Waals surface area contributed by atoms with Gasteiger partial charge in [-0.05, 0) is 23.0 Å². The maximum Gasteiger partial charge on any atom is 0.203 e. The Morgan fingerprint density at radius 2 is 2.00 bits per heavy atom. The maximum atomic E-state index is 12.8. The molecule has 1 fully saturated rings. The molecule has 0 aliphatic carbocycles. The van der Waals surface area contributed by atoms with E-state index in [-0.39, 0.29) is 5.78 Å². The molecule has 114 valence electrons. The van der Waals surface area contributed by atoms with Gasteiger partial charge >= 0.3 is 0 Å². The number of carbonyl (C=O) groups is 1. The summed E-state index contributed by atoms with van der Waals surface area (Å²) in [6, 6.07) is 11.2. The van der Waals surface area contributed by atoms with Crippen LogP contribution < -0.4 is 5.30 Å². The summed E-state index contributed by atoms with van der Waals surface area (Å²) in [6.45, 7) is 0.396. The van der Waals surface area contributed by atoms with Crippen molar-refractivity contribution < 1.29 is 9.53 Å². The number of ketones is 1. The molecule has 0 bridgehead atoms. The van der Waals surface area contributed by atoms with Crippen LogP contribution >= 0.6 is 9.24 Å². The number of aromatic nitrogens is 4. The van der Waals surface area contributed by atoms with E-state index in [1.807, 2.05) is 24.3 Å². The number of rotatable bonds is 4. The Hall–Kier alpha value is -2.43. The summed E-state index contributed by atoms with van der Waals surface area (Å²) in [5, 5.41) is 5.07. The molecule has 0 N–H and O–H groups in total. The third kappa shape index (κ3) is 2.46. The Bertz CT molecular complexity index is 841. The van der Waals surface area contributed by atoms with E-state index in [2.05, 4.69) is 24.3 Å². The van der Waals surface area contributed by atoms with E-state index in [4.69, 9.17) is 4.74 Å². The first kappa shape index (κ1) is 14.2. The van der Waals surface area contributed by atoms with E-state index < -0.39 is 5.60 Å². The zero-order valence-electron chi connectivity index (χ0n) is 12.1. The quantitative estimate of drug-likeness (QED) is 0.410. The van der Waals surface area contributed by atoms with E-state index in [1.165, 1.54) is 11.0 Å². The van der Waals surface area contributed by atoms with Gasteiger partial charge in [0, 0.05) is 11.8 Å². The number of Topliss-reactive ketones (excluding diaryl/α,β-unsaturated/α-hetero) is 1. The summed E-state index contributed by atoms with van der Waals surface area (Å²) in [7, 11) is 2.63. The molecule has 0 radical (unpaired) electrons. The highest BCUT2D eigenvalue weighted by Crippen LogP contribution is 2.41. The van der Waals surface area contributed by atoms with Gasteiger partial charge in [-0.25, -0.2) is 14.6 Å². The number of carbonyl (C=O) groups excluding carboxylic acids is 1. The molecule has 3 aromatic rings. The molecule has 0 amide bonds. The summed E-state index contributed by atoms with van der Waals surface area (Å²) in [4.78, 5) is 21.0. The monoisotopic (exact) mass is 324 g/mol. The first-order chi connectivity index (χ1) is 11.2. The summed E-state index contributed by atoms with van der Waals surface area (Å²) in [5.41, 5.74) is 0.518. The van der Waals surface area contributed by atoms with E-state index >= 15 is 0 Å². The molecule has 2 unspecified atom stereocenters. The molecule has 1 aliphatic rings. The molecule has 7 heteroatoms. The van der Waals surface area contributed by atoms with Crippen molar-refractivity contribution in [2.75, 3.05) is 6.61 Å². The highest BCUT2D eigenvalue weighted by Gasteiger charge is 2.53. The summed E-state index contributed by atoms with van der Waals surface area (Å²) in [5.74, 6) is 0.531. The maximum absolute atomic E-state index is 12.8. The van der Waals surface area contributed by atoms with Crippen molar-refractivity contribution in [2.45, 2.75) is 5.60 Å². The number of pyridine rings is 1. The lowest BCUT2D eigenvalue weighted by molar-refractivity contribution is 0.0870. The van der Waals surface area contributed by atoms with Crippen LogP contribution in [0.4, 0.5) is 0 Å². The molecule has 1 aliphatic heterocycles. The van der Waals surface area contributed by atoms with Crippen LogP contribution in [0.5, 0.6) is 0 Å². The molecule has 1 aromatic carbocycles. The van der Waals surface area contributed by atoms with E-state index in [0.717, 1.165) is 10.9 Å². The van der Waals surface area contributed by atoms with Crippen LogP contribution in [0.1, 0.15) is 15.9 Å². The van der Waals surface area contributed by atoms with Crippen molar-refractivity contribution in [3.63, 3.8) is 0 Å². The zero-order valence-corrected chi connectivity index (χ0v) is 13.2. The minimum Gasteiger partial charge on any atom is -0.356 e. The van der Waals surface area contributed by atoms with Gasteiger partial charge in [-0.3, -0.25) is 4.79 Å². The fourth-order valence-corrected chi connectivity index (χ4v) is 2.66. The Balaban J connectivity index is 1.63. The topological polar surface area (TPSA) is 73.2 Å². The molecule has 1 saturated heterocycles. The Morgan fingerprint density at radius 1 is 1.22 bits per heavy atom. The summed E-state index contributed by atoms with van der Waals surface area (Å²) >= 11 is 0. The van der Waals surface area contributed by atoms with Crippen LogP contribution in [0.3, 0.4) is 0 Å². The van der Waals surface area contributed by atoms with Crippen LogP contribution in [0.25, 0.3) is 5.82 Å². The molecule has 2 aromatic heterocycles. The minimum absolute atomic E-state index is 0.0772. The van der Waals surface area contributed by atoms with Gasteiger partial charge in [0.25, 0.3) is 0 Å². The average molecular weight is 324 g/mol. The van der Waals surface area contributed by atoms with Crippen molar-refractivity contribution in [1.82, 2.24) is 19.7 Å². The fraction of sp³-hybridized carbons (Fsp3) is 0.125. The van der Waals surface area contributed by atoms with Gasteiger partial charge in [0.05, 0.1) is 6.61 Å². The van der Waals surface area contributed by atoms with Gasteiger partial charge < -0.3 is 4.74 Å². The van der Waals surface area contributed by atoms with Gasteiger partial charge in [-0.1, -0.05) is 24.3 Å². The average Bonchev–Trinajstić information content (AvgIpc) is 3.21. The van der Waals surface area contributed by atoms with E-state index in [1.54, 1.807) is 24.7 Å². The molecular weight excluding hydrogens is 311 g/mol. The van der Waals surface area contributed by atoms with Crippen LogP contribution in [-0.4, -0.2) is 32.1 Å². The van der Waals surface area contributed by atoms with Crippen molar-refractivity contribution in [1.29, 1.82) is 0 Å². The second kappa shape index (κ2) is 5.33. The van der Waals surface area contributed by atoms with E-state index in [0.29, 0.717) is 18.0 Å². The normalized spacial score (nSPS) is 19.5. The standard InChI is InChI=1S/C16H13N4O2P/c21-15(16(8-22-16)12-2-4-13(23)5-3-12)11-1-6-14(18-7-11)20-10-17-9-19-20/h1-7,9-10H,8,23H2. The minimum atomic E-state index is -0.866. The van der Waals surface area contributed by atoms with Crippen molar-refractivity contribution in [3.8, 4) is 5.82 Å². The predicted octanol–water partition coefficient (Wildman–Crippen LogP) is 1.27. The molecular formula is C16H13N4O2P. The lowest BCUT2D eigenvalue weighted by Crippen LogP contribution is -2.23. The van der Waals surface area contributed by atoms with Crippen LogP contribution in [0, 0.1) is 0 Å². The van der Waals surface area contributed by atoms with E-state index in [9.17, 15) is 4.79 Å². The summed E-state index contributed by atoms with van der Waals surface area (Å²) < 4.78 is 7.07. The third-order valence-electron chi connectivity index (χ3n) is 3.84. The van der Waals surface area contributed by atoms with Gasteiger partial charge in [0.1, 0.15) is 12.7 Å². The van der Waals surface area contributed by atoms with Gasteiger partial charge in [-0.2, -0.15) is 5.10 Å². The lowest BCUT2D eigenvalue weighted by atomic mass is 9.92. The molecule has 0 spiro atoms. The molecule has 2 atom stereocenters. The van der Waals surface area contributed by atoms with Crippen molar-refractivity contribution >= 4 is 20.3 Å². The Kier molecular flexibility index (Phi) is 3.29. The van der Waals surface area contributed by atoms with Gasteiger partial charge in [0.15, 0.2) is 11.4 Å². The number of hydrogen-bond acceptors (Lipinski definition) is 5. The summed E-state index contributed by atoms with van der Waals surface area (Å²) in [6.07, 6.45) is 4.54. The smallest absolute Gasteiger partial charge is 0.203 e. The van der Waals surface area contributed by atoms with Crippen LogP contribution in [-0.2, 0) is 10.3 Å². The zero-order chi connectivity index (χ0) is 15.9. The van der Waals surface area contributed by atoms with Gasteiger partial charge in [-0.15, -0.1) is 9.24 Å². The molecule has 4 rings (SSSR count). The number of ether oxygens (including phenoxy) is 1. The van der Waals surface area contributed by atoms with Gasteiger partial charge in [0.2, 0.25) is 5.78 Å². The predicted molar refractivity (Wildman–Crippen MR) is 86.9 cm³/mol. The van der Waals surface area contributed by atoms with Crippen LogP contribution in [0.2, 0.25) is 0 Å². The molecule has 0 saturated carbocycles. The largest absolute Gasteiger partial charge is 0.356 e. The third-order valence-corrected chi connectivity index (χ3v) is 4.23. The molecule has 23 heavy (non-hydrogen) atoms. The number of benzene rings is 1. The first-order valence-electron chi connectivity index (χ1n) is 7.05. The Labute approximate surface area is 134 Å². The number of epoxide rings is 1. The first-order valence-corrected chi connectivity index (χ1v) is 7.63. The van der Waals surface area contributed by atoms with Crippen LogP contribution in [0.15, 0.2) is 55.2 Å². The highest BCUT2D eigenvalue weighted by molar-refractivity contribution is 7.27. The second-order valence-electron chi connectivity index (χ2n) is 5.31. The highest BCUT2D eigenvalue weighted by atomic mass is 31.0. The second-order valence-corrected chi connectivity index (χ2v) is 5.98. The van der Waals surface area contributed by atoms with Crippen molar-refractivity contribution in [3.05, 3.63) is 66.4 Å². The Morgan fingerprint density at radius 3 is 2.57 bits per heavy atom. The number of hydrogen-bond donors (Lipinski definition) is 0. The SMILES string of the molecule is O=C(c1ccc(-n2cncn2)nc1)C1(c2ccc(P)cc2)CO1. The lowest BCUT2D eigenvalue weighted by Gasteiger charge is -2.11. The number of nitrogens with zero attached hydrogens (tertiary/aromatic N) is 4. The van der Waals surface area contributed by atoms with Crippen molar-refractivity contribution in [2.24, 2.45) is 0 Å².